The molecular weight excluding hydrogens is 351 g/mol. The third-order valence-electron chi connectivity index (χ3n) is 4.19. The van der Waals surface area contributed by atoms with Crippen LogP contribution in [0.25, 0.3) is 0 Å². The van der Waals surface area contributed by atoms with Gasteiger partial charge in [0.25, 0.3) is 0 Å². The fourth-order valence-corrected chi connectivity index (χ4v) is 2.74. The molecule has 1 aliphatic heterocycles. The number of rotatable bonds is 8. The molecule has 1 N–H and O–H groups in total. The van der Waals surface area contributed by atoms with Crippen LogP contribution in [0.5, 0.6) is 5.75 Å². The van der Waals surface area contributed by atoms with E-state index in [1.54, 1.807) is 18.2 Å². The summed E-state index contributed by atoms with van der Waals surface area (Å²) < 4.78 is 19.0. The van der Waals surface area contributed by atoms with Crippen LogP contribution in [0.15, 0.2) is 29.3 Å². The van der Waals surface area contributed by atoms with E-state index in [-0.39, 0.29) is 24.1 Å². The number of para-hydroxylation sites is 1. The number of carbonyl (C=O) groups is 2. The molecule has 8 heteroatoms. The molecule has 0 unspecified atom stereocenters. The Morgan fingerprint density at radius 2 is 2.00 bits per heavy atom. The second-order valence-electron chi connectivity index (χ2n) is 6.23. The van der Waals surface area contributed by atoms with Gasteiger partial charge in [0.05, 0.1) is 13.1 Å². The summed E-state index contributed by atoms with van der Waals surface area (Å²) in [5.74, 6) is 0.217. The molecule has 1 aromatic rings. The molecule has 2 amide bonds. The molecule has 0 atom stereocenters. The molecule has 0 aliphatic carbocycles. The minimum Gasteiger partial charge on any atom is -0.489 e. The average molecular weight is 378 g/mol. The van der Waals surface area contributed by atoms with Gasteiger partial charge in [-0.1, -0.05) is 12.1 Å². The van der Waals surface area contributed by atoms with Gasteiger partial charge in [0.1, 0.15) is 6.61 Å². The number of carbonyl (C=O) groups excluding carboxylic acids is 2. The lowest BCUT2D eigenvalue weighted by Gasteiger charge is -2.25. The number of halogens is 1. The second-order valence-corrected chi connectivity index (χ2v) is 6.23. The molecule has 1 aliphatic rings. The largest absolute Gasteiger partial charge is 0.489 e. The van der Waals surface area contributed by atoms with Crippen LogP contribution in [0.4, 0.5) is 4.39 Å². The fraction of sp³-hybridized carbons (Fsp3) is 0.526. The van der Waals surface area contributed by atoms with E-state index in [4.69, 9.17) is 4.74 Å². The van der Waals surface area contributed by atoms with E-state index in [0.29, 0.717) is 51.5 Å². The van der Waals surface area contributed by atoms with Crippen molar-refractivity contribution in [1.82, 2.24) is 15.1 Å². The van der Waals surface area contributed by atoms with Crippen LogP contribution < -0.4 is 10.1 Å². The first-order chi connectivity index (χ1) is 13.0. The molecule has 1 aromatic carbocycles. The molecule has 0 aromatic heterocycles. The summed E-state index contributed by atoms with van der Waals surface area (Å²) in [5, 5.41) is 3.16. The van der Waals surface area contributed by atoms with E-state index in [0.717, 1.165) is 0 Å². The first kappa shape index (κ1) is 20.7. The van der Waals surface area contributed by atoms with Gasteiger partial charge in [-0.2, -0.15) is 0 Å². The zero-order valence-electron chi connectivity index (χ0n) is 15.9. The molecule has 0 radical (unpaired) electrons. The van der Waals surface area contributed by atoms with E-state index in [1.165, 1.54) is 11.0 Å². The smallest absolute Gasteiger partial charge is 0.229 e. The SMILES string of the molecule is CCNC(=NCCN1C(=O)CCCC1=O)N(C)CCOc1ccccc1F. The number of likely N-dealkylation sites (N-methyl/N-ethyl adjacent to an activating group) is 1. The van der Waals surface area contributed by atoms with Gasteiger partial charge >= 0.3 is 0 Å². The van der Waals surface area contributed by atoms with Gasteiger partial charge in [-0.05, 0) is 25.5 Å². The minimum atomic E-state index is -0.392. The predicted octanol–water partition coefficient (Wildman–Crippen LogP) is 1.64. The van der Waals surface area contributed by atoms with Crippen molar-refractivity contribution in [2.45, 2.75) is 26.2 Å². The summed E-state index contributed by atoms with van der Waals surface area (Å²) >= 11 is 0. The Morgan fingerprint density at radius 3 is 2.67 bits per heavy atom. The highest BCUT2D eigenvalue weighted by atomic mass is 19.1. The zero-order chi connectivity index (χ0) is 19.6. The summed E-state index contributed by atoms with van der Waals surface area (Å²) in [5.41, 5.74) is 0. The van der Waals surface area contributed by atoms with Crippen molar-refractivity contribution in [1.29, 1.82) is 0 Å². The third kappa shape index (κ3) is 6.23. The Balaban J connectivity index is 1.84. The van der Waals surface area contributed by atoms with E-state index in [2.05, 4.69) is 10.3 Å². The van der Waals surface area contributed by atoms with Crippen molar-refractivity contribution >= 4 is 17.8 Å². The van der Waals surface area contributed by atoms with E-state index in [9.17, 15) is 14.0 Å². The Morgan fingerprint density at radius 1 is 1.30 bits per heavy atom. The first-order valence-electron chi connectivity index (χ1n) is 9.23. The van der Waals surface area contributed by atoms with Gasteiger partial charge in [0.15, 0.2) is 17.5 Å². The number of piperidine rings is 1. The highest BCUT2D eigenvalue weighted by Gasteiger charge is 2.25. The van der Waals surface area contributed by atoms with Crippen molar-refractivity contribution in [3.8, 4) is 5.75 Å². The number of aliphatic imine (C=N–C) groups is 1. The second kappa shape index (κ2) is 10.5. The molecule has 1 heterocycles. The summed E-state index contributed by atoms with van der Waals surface area (Å²) in [7, 11) is 1.85. The maximum Gasteiger partial charge on any atom is 0.229 e. The van der Waals surface area contributed by atoms with Gasteiger partial charge in [0.2, 0.25) is 11.8 Å². The van der Waals surface area contributed by atoms with Crippen molar-refractivity contribution in [2.24, 2.45) is 4.99 Å². The van der Waals surface area contributed by atoms with Crippen LogP contribution in [0, 0.1) is 5.82 Å². The van der Waals surface area contributed by atoms with Gasteiger partial charge in [0, 0.05) is 33.0 Å². The molecule has 0 bridgehead atoms. The number of imide groups is 1. The number of hydrogen-bond donors (Lipinski definition) is 1. The molecule has 148 valence electrons. The van der Waals surface area contributed by atoms with Crippen molar-refractivity contribution < 1.29 is 18.7 Å². The number of benzene rings is 1. The number of nitrogens with one attached hydrogen (secondary N) is 1. The lowest BCUT2D eigenvalue weighted by atomic mass is 10.1. The molecule has 1 fully saturated rings. The molecule has 2 rings (SSSR count). The summed E-state index contributed by atoms with van der Waals surface area (Å²) in [4.78, 5) is 31.3. The lowest BCUT2D eigenvalue weighted by Crippen LogP contribution is -2.43. The van der Waals surface area contributed by atoms with E-state index < -0.39 is 5.82 Å². The number of amides is 2. The molecule has 7 nitrogen and oxygen atoms in total. The van der Waals surface area contributed by atoms with Crippen LogP contribution in [-0.2, 0) is 9.59 Å². The Bertz CT molecular complexity index is 665. The monoisotopic (exact) mass is 378 g/mol. The maximum absolute atomic E-state index is 13.6. The van der Waals surface area contributed by atoms with Crippen molar-refractivity contribution in [3.63, 3.8) is 0 Å². The molecule has 0 spiro atoms. The van der Waals surface area contributed by atoms with Crippen LogP contribution in [0.3, 0.4) is 0 Å². The standard InChI is InChI=1S/C19H27FN4O3/c1-3-21-19(22-11-12-24-17(25)9-6-10-18(24)26)23(2)13-14-27-16-8-5-4-7-15(16)20/h4-5,7-8H,3,6,9-14H2,1-2H3,(H,21,22). The van der Waals surface area contributed by atoms with E-state index in [1.807, 2.05) is 18.9 Å². The fourth-order valence-electron chi connectivity index (χ4n) is 2.74. The molecule has 1 saturated heterocycles. The number of ether oxygens (including phenoxy) is 1. The number of nitrogens with zero attached hydrogens (tertiary/aromatic N) is 3. The topological polar surface area (TPSA) is 74.2 Å². The number of guanidine groups is 1. The zero-order valence-corrected chi connectivity index (χ0v) is 15.9. The van der Waals surface area contributed by atoms with Crippen molar-refractivity contribution in [2.75, 3.05) is 39.8 Å². The Kier molecular flexibility index (Phi) is 8.03. The Labute approximate surface area is 159 Å². The quantitative estimate of drug-likeness (QED) is 0.423. The molecule has 0 saturated carbocycles. The minimum absolute atomic E-state index is 0.127. The van der Waals surface area contributed by atoms with Gasteiger partial charge in [-0.3, -0.25) is 19.5 Å². The third-order valence-corrected chi connectivity index (χ3v) is 4.19. The van der Waals surface area contributed by atoms with Crippen LogP contribution in [-0.4, -0.2) is 67.4 Å². The van der Waals surface area contributed by atoms with E-state index >= 15 is 0 Å². The lowest BCUT2D eigenvalue weighted by molar-refractivity contribution is -0.147. The number of hydrogen-bond acceptors (Lipinski definition) is 4. The van der Waals surface area contributed by atoms with Gasteiger partial charge < -0.3 is 15.0 Å². The summed E-state index contributed by atoms with van der Waals surface area (Å²) in [6.45, 7) is 4.05. The van der Waals surface area contributed by atoms with Gasteiger partial charge in [-0.25, -0.2) is 4.39 Å². The molecule has 27 heavy (non-hydrogen) atoms. The number of likely N-dealkylation sites (tertiary alicyclic amines) is 1. The van der Waals surface area contributed by atoms with Crippen LogP contribution in [0.2, 0.25) is 0 Å². The summed E-state index contributed by atoms with van der Waals surface area (Å²) in [6.07, 6.45) is 1.47. The molecular formula is C19H27FN4O3. The predicted molar refractivity (Wildman–Crippen MR) is 101 cm³/mol. The maximum atomic E-state index is 13.6. The average Bonchev–Trinajstić information content (AvgIpc) is 2.64. The van der Waals surface area contributed by atoms with Gasteiger partial charge in [-0.15, -0.1) is 0 Å². The first-order valence-corrected chi connectivity index (χ1v) is 9.23. The summed E-state index contributed by atoms with van der Waals surface area (Å²) in [6, 6.07) is 6.27. The van der Waals surface area contributed by atoms with Crippen LogP contribution >= 0.6 is 0 Å². The van der Waals surface area contributed by atoms with Crippen molar-refractivity contribution in [3.05, 3.63) is 30.1 Å². The normalized spacial score (nSPS) is 15.1. The highest BCUT2D eigenvalue weighted by molar-refractivity contribution is 5.97. The Hall–Kier alpha value is -2.64. The van der Waals surface area contributed by atoms with Crippen LogP contribution in [0.1, 0.15) is 26.2 Å². The highest BCUT2D eigenvalue weighted by Crippen LogP contribution is 2.15.